The summed E-state index contributed by atoms with van der Waals surface area (Å²) in [5, 5.41) is 8.39. The number of nitrogens with zero attached hydrogens (tertiary/aromatic N) is 2. The first-order chi connectivity index (χ1) is 8.97. The van der Waals surface area contributed by atoms with Gasteiger partial charge in [0.15, 0.2) is 0 Å². The number of thioether (sulfide) groups is 1. The topological polar surface area (TPSA) is 95.7 Å². The lowest BCUT2D eigenvalue weighted by Gasteiger charge is -2.34. The zero-order chi connectivity index (χ0) is 13.9. The van der Waals surface area contributed by atoms with Crippen LogP contribution in [0.1, 0.15) is 6.42 Å². The summed E-state index contributed by atoms with van der Waals surface area (Å²) in [6.07, 6.45) is 0.488. The Morgan fingerprint density at radius 1 is 1.32 bits per heavy atom. The molecule has 2 rings (SSSR count). The zero-order valence-corrected chi connectivity index (χ0v) is 12.4. The zero-order valence-electron chi connectivity index (χ0n) is 10.7. The van der Waals surface area contributed by atoms with Gasteiger partial charge in [-0.3, -0.25) is 4.79 Å². The van der Waals surface area contributed by atoms with Crippen LogP contribution in [0.3, 0.4) is 0 Å². The van der Waals surface area contributed by atoms with E-state index in [1.54, 1.807) is 4.90 Å². The molecular weight excluding hydrogens is 288 g/mol. The summed E-state index contributed by atoms with van der Waals surface area (Å²) in [7, 11) is -3.62. The molecule has 19 heavy (non-hydrogen) atoms. The van der Waals surface area contributed by atoms with E-state index in [-0.39, 0.29) is 25.0 Å². The van der Waals surface area contributed by atoms with E-state index < -0.39 is 10.2 Å². The van der Waals surface area contributed by atoms with E-state index in [2.05, 4.69) is 5.32 Å². The molecule has 2 fully saturated rings. The second-order valence-corrected chi connectivity index (χ2v) is 7.45. The molecule has 0 aliphatic carbocycles. The molecule has 0 spiro atoms. The average Bonchev–Trinajstić information content (AvgIpc) is 2.39. The maximum Gasteiger partial charge on any atom is 0.277 e. The number of hydrogen-bond acceptors (Lipinski definition) is 5. The van der Waals surface area contributed by atoms with E-state index in [4.69, 9.17) is 5.14 Å². The summed E-state index contributed by atoms with van der Waals surface area (Å²) in [5.74, 6) is 2.15. The molecule has 2 aliphatic rings. The Hall–Kier alpha value is -0.350. The summed E-state index contributed by atoms with van der Waals surface area (Å²) in [6.45, 7) is 2.38. The highest BCUT2D eigenvalue weighted by atomic mass is 32.2. The van der Waals surface area contributed by atoms with Crippen LogP contribution < -0.4 is 10.5 Å². The third-order valence-electron chi connectivity index (χ3n) is 3.37. The lowest BCUT2D eigenvalue weighted by Crippen LogP contribution is -2.53. The number of rotatable bonds is 3. The third-order valence-corrected chi connectivity index (χ3v) is 5.59. The fraction of sp³-hybridized carbons (Fsp3) is 0.900. The van der Waals surface area contributed by atoms with Crippen LogP contribution >= 0.6 is 11.8 Å². The summed E-state index contributed by atoms with van der Waals surface area (Å²) in [6, 6.07) is 0.238. The van der Waals surface area contributed by atoms with E-state index in [0.29, 0.717) is 19.5 Å². The van der Waals surface area contributed by atoms with Crippen molar-refractivity contribution in [1.82, 2.24) is 14.5 Å². The average molecular weight is 308 g/mol. The second-order valence-electron chi connectivity index (χ2n) is 4.75. The Morgan fingerprint density at radius 3 is 2.53 bits per heavy atom. The largest absolute Gasteiger partial charge is 0.340 e. The van der Waals surface area contributed by atoms with Gasteiger partial charge in [0.25, 0.3) is 10.2 Å². The summed E-state index contributed by atoms with van der Waals surface area (Å²) in [5.41, 5.74) is 0. The molecule has 1 unspecified atom stereocenters. The minimum absolute atomic E-state index is 0.0917. The minimum atomic E-state index is -3.62. The van der Waals surface area contributed by atoms with Crippen molar-refractivity contribution in [3.63, 3.8) is 0 Å². The Balaban J connectivity index is 1.79. The van der Waals surface area contributed by atoms with Crippen molar-refractivity contribution in [3.8, 4) is 0 Å². The van der Waals surface area contributed by atoms with Crippen LogP contribution in [0.25, 0.3) is 0 Å². The van der Waals surface area contributed by atoms with Gasteiger partial charge < -0.3 is 10.2 Å². The van der Waals surface area contributed by atoms with Crippen LogP contribution in [-0.4, -0.2) is 73.8 Å². The molecule has 2 saturated heterocycles. The quantitative estimate of drug-likeness (QED) is 0.657. The molecule has 1 amide bonds. The van der Waals surface area contributed by atoms with Gasteiger partial charge in [-0.2, -0.15) is 24.5 Å². The molecule has 1 atom stereocenters. The summed E-state index contributed by atoms with van der Waals surface area (Å²) < 4.78 is 23.5. The highest BCUT2D eigenvalue weighted by Gasteiger charge is 2.27. The Kier molecular flexibility index (Phi) is 5.07. The number of nitrogens with one attached hydrogen (secondary N) is 1. The van der Waals surface area contributed by atoms with Crippen molar-refractivity contribution in [3.05, 3.63) is 0 Å². The van der Waals surface area contributed by atoms with Gasteiger partial charge in [0.2, 0.25) is 5.91 Å². The number of hydrogen-bond donors (Lipinski definition) is 2. The first-order valence-electron chi connectivity index (χ1n) is 6.33. The SMILES string of the molecule is NS(=O)(=O)N1CCN(C(=O)CC2CSCCN2)CC1. The lowest BCUT2D eigenvalue weighted by atomic mass is 10.2. The van der Waals surface area contributed by atoms with Crippen molar-refractivity contribution < 1.29 is 13.2 Å². The molecule has 2 heterocycles. The van der Waals surface area contributed by atoms with E-state index in [1.165, 1.54) is 4.31 Å². The van der Waals surface area contributed by atoms with Crippen molar-refractivity contribution in [2.45, 2.75) is 12.5 Å². The van der Waals surface area contributed by atoms with Crippen LogP contribution in [0.2, 0.25) is 0 Å². The number of piperazine rings is 1. The highest BCUT2D eigenvalue weighted by molar-refractivity contribution is 7.99. The molecule has 110 valence electrons. The third kappa shape index (κ3) is 4.32. The van der Waals surface area contributed by atoms with Crippen molar-refractivity contribution in [1.29, 1.82) is 0 Å². The van der Waals surface area contributed by atoms with Gasteiger partial charge in [-0.15, -0.1) is 0 Å². The molecule has 0 aromatic carbocycles. The lowest BCUT2D eigenvalue weighted by molar-refractivity contribution is -0.132. The van der Waals surface area contributed by atoms with Gasteiger partial charge in [0.05, 0.1) is 0 Å². The maximum absolute atomic E-state index is 12.1. The number of nitrogens with two attached hydrogens (primary N) is 1. The second kappa shape index (κ2) is 6.40. The number of carbonyl (C=O) groups excluding carboxylic acids is 1. The molecule has 2 aliphatic heterocycles. The van der Waals surface area contributed by atoms with Gasteiger partial charge in [-0.05, 0) is 0 Å². The molecular formula is C10H20N4O3S2. The maximum atomic E-state index is 12.1. The van der Waals surface area contributed by atoms with E-state index in [1.807, 2.05) is 11.8 Å². The Morgan fingerprint density at radius 2 is 2.00 bits per heavy atom. The van der Waals surface area contributed by atoms with E-state index in [0.717, 1.165) is 18.1 Å². The van der Waals surface area contributed by atoms with E-state index in [9.17, 15) is 13.2 Å². The predicted octanol–water partition coefficient (Wildman–Crippen LogP) is -1.57. The molecule has 0 radical (unpaired) electrons. The van der Waals surface area contributed by atoms with Crippen LogP contribution in [0.4, 0.5) is 0 Å². The van der Waals surface area contributed by atoms with Crippen LogP contribution in [0.15, 0.2) is 0 Å². The number of amides is 1. The summed E-state index contributed by atoms with van der Waals surface area (Å²) in [4.78, 5) is 13.8. The van der Waals surface area contributed by atoms with Gasteiger partial charge >= 0.3 is 0 Å². The van der Waals surface area contributed by atoms with Crippen molar-refractivity contribution in [2.24, 2.45) is 5.14 Å². The Bertz CT molecular complexity index is 414. The summed E-state index contributed by atoms with van der Waals surface area (Å²) >= 11 is 1.86. The standard InChI is InChI=1S/C10H20N4O3S2/c11-19(16,17)14-4-2-13(3-5-14)10(15)7-9-8-18-6-1-12-9/h9,12H,1-8H2,(H2,11,16,17). The fourth-order valence-corrected chi connectivity index (χ4v) is 3.90. The smallest absolute Gasteiger partial charge is 0.277 e. The van der Waals surface area contributed by atoms with Crippen LogP contribution in [0.5, 0.6) is 0 Å². The highest BCUT2D eigenvalue weighted by Crippen LogP contribution is 2.13. The molecule has 0 aromatic rings. The van der Waals surface area contributed by atoms with E-state index >= 15 is 0 Å². The van der Waals surface area contributed by atoms with Crippen molar-refractivity contribution in [2.75, 3.05) is 44.2 Å². The fourth-order valence-electron chi connectivity index (χ4n) is 2.28. The molecule has 0 aromatic heterocycles. The molecule has 0 bridgehead atoms. The van der Waals surface area contributed by atoms with Gasteiger partial charge in [0, 0.05) is 56.7 Å². The Labute approximate surface area is 118 Å². The number of carbonyl (C=O) groups is 1. The molecule has 7 nitrogen and oxygen atoms in total. The van der Waals surface area contributed by atoms with Crippen LogP contribution in [0, 0.1) is 0 Å². The van der Waals surface area contributed by atoms with Crippen LogP contribution in [-0.2, 0) is 15.0 Å². The molecule has 3 N–H and O–H groups in total. The predicted molar refractivity (Wildman–Crippen MR) is 75.0 cm³/mol. The molecule has 9 heteroatoms. The first-order valence-corrected chi connectivity index (χ1v) is 8.99. The van der Waals surface area contributed by atoms with Gasteiger partial charge in [-0.25, -0.2) is 5.14 Å². The van der Waals surface area contributed by atoms with Gasteiger partial charge in [0.1, 0.15) is 0 Å². The normalized spacial score (nSPS) is 26.4. The van der Waals surface area contributed by atoms with Gasteiger partial charge in [-0.1, -0.05) is 0 Å². The van der Waals surface area contributed by atoms with Crippen molar-refractivity contribution >= 4 is 27.9 Å². The molecule has 0 saturated carbocycles. The monoisotopic (exact) mass is 308 g/mol. The minimum Gasteiger partial charge on any atom is -0.340 e. The first kappa shape index (κ1) is 15.0.